The molecule has 0 aliphatic rings. The van der Waals surface area contributed by atoms with E-state index in [0.29, 0.717) is 0 Å². The summed E-state index contributed by atoms with van der Waals surface area (Å²) in [6, 6.07) is 6.35. The van der Waals surface area contributed by atoms with E-state index in [1.807, 2.05) is 6.92 Å². The highest BCUT2D eigenvalue weighted by molar-refractivity contribution is 7.12. The first kappa shape index (κ1) is 15.1. The molecule has 1 N–H and O–H groups in total. The highest BCUT2D eigenvalue weighted by Gasteiger charge is 2.15. The van der Waals surface area contributed by atoms with Gasteiger partial charge >= 0.3 is 0 Å². The summed E-state index contributed by atoms with van der Waals surface area (Å²) in [7, 11) is 0. The van der Waals surface area contributed by atoms with Crippen LogP contribution in [0, 0.1) is 25.5 Å². The van der Waals surface area contributed by atoms with Gasteiger partial charge in [0.2, 0.25) is 0 Å². The lowest BCUT2D eigenvalue weighted by Gasteiger charge is -2.20. The van der Waals surface area contributed by atoms with Crippen LogP contribution in [0.2, 0.25) is 0 Å². The molecule has 0 fully saturated rings. The van der Waals surface area contributed by atoms with Gasteiger partial charge in [-0.2, -0.15) is 0 Å². The van der Waals surface area contributed by atoms with Gasteiger partial charge in [0.25, 0.3) is 0 Å². The summed E-state index contributed by atoms with van der Waals surface area (Å²) in [4.78, 5) is 2.58. The summed E-state index contributed by atoms with van der Waals surface area (Å²) >= 11 is 1.78. The predicted octanol–water partition coefficient (Wildman–Crippen LogP) is 5.05. The third-order valence-corrected chi connectivity index (χ3v) is 4.47. The molecule has 108 valence electrons. The van der Waals surface area contributed by atoms with Crippen LogP contribution in [0.5, 0.6) is 0 Å². The molecule has 0 aliphatic carbocycles. The minimum Gasteiger partial charge on any atom is -0.304 e. The van der Waals surface area contributed by atoms with Crippen LogP contribution in [0.4, 0.5) is 8.78 Å². The summed E-state index contributed by atoms with van der Waals surface area (Å²) < 4.78 is 26.2. The zero-order valence-electron chi connectivity index (χ0n) is 12.1. The molecule has 2 unspecified atom stereocenters. The summed E-state index contributed by atoms with van der Waals surface area (Å²) in [5, 5.41) is 3.43. The van der Waals surface area contributed by atoms with Crippen LogP contribution < -0.4 is 5.32 Å². The van der Waals surface area contributed by atoms with E-state index in [4.69, 9.17) is 0 Å². The van der Waals surface area contributed by atoms with E-state index in [-0.39, 0.29) is 12.1 Å². The van der Waals surface area contributed by atoms with Crippen LogP contribution >= 0.6 is 11.3 Å². The van der Waals surface area contributed by atoms with Crippen molar-refractivity contribution in [3.8, 4) is 0 Å². The lowest BCUT2D eigenvalue weighted by atomic mass is 10.0. The average Bonchev–Trinajstić information content (AvgIpc) is 2.71. The van der Waals surface area contributed by atoms with Crippen molar-refractivity contribution in [3.05, 3.63) is 56.8 Å². The molecule has 1 aromatic carbocycles. The third-order valence-electron chi connectivity index (χ3n) is 3.49. The first-order valence-electron chi connectivity index (χ1n) is 6.66. The molecule has 2 rings (SSSR count). The fraction of sp³-hybridized carbons (Fsp3) is 0.375. The molecular weight excluding hydrogens is 276 g/mol. The fourth-order valence-corrected chi connectivity index (χ4v) is 3.45. The second kappa shape index (κ2) is 6.02. The molecule has 0 radical (unpaired) electrons. The average molecular weight is 295 g/mol. The van der Waals surface area contributed by atoms with Crippen molar-refractivity contribution in [1.82, 2.24) is 5.32 Å². The largest absolute Gasteiger partial charge is 0.304 e. The molecule has 20 heavy (non-hydrogen) atoms. The van der Waals surface area contributed by atoms with Crippen LogP contribution in [-0.2, 0) is 0 Å². The Kier molecular flexibility index (Phi) is 4.55. The van der Waals surface area contributed by atoms with Gasteiger partial charge in [0.15, 0.2) is 11.6 Å². The van der Waals surface area contributed by atoms with Gasteiger partial charge in [0.1, 0.15) is 0 Å². The first-order chi connectivity index (χ1) is 9.38. The standard InChI is InChI=1S/C16H19F2NS/c1-9-7-14(12(4)20-9)11(3)19-10(2)13-5-6-15(17)16(18)8-13/h5-8,10-11,19H,1-4H3. The number of benzene rings is 1. The van der Waals surface area contributed by atoms with Crippen LogP contribution in [-0.4, -0.2) is 0 Å². The monoisotopic (exact) mass is 295 g/mol. The van der Waals surface area contributed by atoms with E-state index >= 15 is 0 Å². The molecule has 0 aliphatic heterocycles. The number of thiophene rings is 1. The number of halogens is 2. The van der Waals surface area contributed by atoms with Crippen LogP contribution in [0.1, 0.15) is 46.8 Å². The molecule has 2 atom stereocenters. The van der Waals surface area contributed by atoms with Crippen molar-refractivity contribution < 1.29 is 8.78 Å². The van der Waals surface area contributed by atoms with Crippen molar-refractivity contribution in [2.45, 2.75) is 39.8 Å². The van der Waals surface area contributed by atoms with E-state index in [2.05, 4.69) is 32.2 Å². The summed E-state index contributed by atoms with van der Waals surface area (Å²) in [6.07, 6.45) is 0. The van der Waals surface area contributed by atoms with Gasteiger partial charge in [-0.25, -0.2) is 8.78 Å². The van der Waals surface area contributed by atoms with Crippen LogP contribution in [0.3, 0.4) is 0 Å². The molecule has 1 aromatic heterocycles. The van der Waals surface area contributed by atoms with E-state index in [0.717, 1.165) is 5.56 Å². The maximum atomic E-state index is 13.3. The Hall–Kier alpha value is -1.26. The number of rotatable bonds is 4. The molecule has 0 spiro atoms. The van der Waals surface area contributed by atoms with Crippen LogP contribution in [0.25, 0.3) is 0 Å². The molecule has 2 aromatic rings. The number of aryl methyl sites for hydroxylation is 2. The SMILES string of the molecule is Cc1cc(C(C)NC(C)c2ccc(F)c(F)c2)c(C)s1. The summed E-state index contributed by atoms with van der Waals surface area (Å²) in [6.45, 7) is 8.24. The summed E-state index contributed by atoms with van der Waals surface area (Å²) in [5.41, 5.74) is 2.02. The zero-order chi connectivity index (χ0) is 14.9. The summed E-state index contributed by atoms with van der Waals surface area (Å²) in [5.74, 6) is -1.61. The topological polar surface area (TPSA) is 12.0 Å². The van der Waals surface area contributed by atoms with Crippen molar-refractivity contribution in [2.24, 2.45) is 0 Å². The molecule has 0 amide bonds. The van der Waals surface area contributed by atoms with Crippen molar-refractivity contribution >= 4 is 11.3 Å². The predicted molar refractivity (Wildman–Crippen MR) is 80.1 cm³/mol. The normalized spacial score (nSPS) is 14.3. The smallest absolute Gasteiger partial charge is 0.159 e. The van der Waals surface area contributed by atoms with Crippen molar-refractivity contribution in [3.63, 3.8) is 0 Å². The highest BCUT2D eigenvalue weighted by Crippen LogP contribution is 2.28. The Bertz CT molecular complexity index is 607. The number of hydrogen-bond donors (Lipinski definition) is 1. The quantitative estimate of drug-likeness (QED) is 0.831. The van der Waals surface area contributed by atoms with Gasteiger partial charge in [-0.3, -0.25) is 0 Å². The van der Waals surface area contributed by atoms with E-state index in [1.165, 1.54) is 27.5 Å². The number of nitrogens with one attached hydrogen (secondary N) is 1. The number of hydrogen-bond acceptors (Lipinski definition) is 2. The fourth-order valence-electron chi connectivity index (χ4n) is 2.42. The van der Waals surface area contributed by atoms with E-state index in [9.17, 15) is 8.78 Å². The van der Waals surface area contributed by atoms with Gasteiger partial charge in [-0.15, -0.1) is 11.3 Å². The molecular formula is C16H19F2NS. The van der Waals surface area contributed by atoms with Gasteiger partial charge < -0.3 is 5.32 Å². The minimum atomic E-state index is -0.807. The van der Waals surface area contributed by atoms with Crippen molar-refractivity contribution in [2.75, 3.05) is 0 Å². The van der Waals surface area contributed by atoms with Gasteiger partial charge in [0, 0.05) is 21.8 Å². The lowest BCUT2D eigenvalue weighted by molar-refractivity contribution is 0.480. The van der Waals surface area contributed by atoms with Gasteiger partial charge in [-0.1, -0.05) is 6.07 Å². The Labute approximate surface area is 122 Å². The highest BCUT2D eigenvalue weighted by atomic mass is 32.1. The minimum absolute atomic E-state index is 0.0419. The van der Waals surface area contributed by atoms with E-state index in [1.54, 1.807) is 17.4 Å². The van der Waals surface area contributed by atoms with Crippen molar-refractivity contribution in [1.29, 1.82) is 0 Å². The Morgan fingerprint density at radius 3 is 2.25 bits per heavy atom. The molecule has 4 heteroatoms. The van der Waals surface area contributed by atoms with Gasteiger partial charge in [-0.05, 0) is 57.0 Å². The second-order valence-corrected chi connectivity index (χ2v) is 6.61. The third kappa shape index (κ3) is 3.25. The maximum Gasteiger partial charge on any atom is 0.159 e. The maximum absolute atomic E-state index is 13.3. The second-order valence-electron chi connectivity index (χ2n) is 5.15. The molecule has 0 bridgehead atoms. The zero-order valence-corrected chi connectivity index (χ0v) is 12.9. The Morgan fingerprint density at radius 1 is 1.00 bits per heavy atom. The molecule has 0 saturated heterocycles. The van der Waals surface area contributed by atoms with E-state index < -0.39 is 11.6 Å². The van der Waals surface area contributed by atoms with Gasteiger partial charge in [0.05, 0.1) is 0 Å². The molecule has 0 saturated carbocycles. The first-order valence-corrected chi connectivity index (χ1v) is 7.48. The Balaban J connectivity index is 2.12. The lowest BCUT2D eigenvalue weighted by Crippen LogP contribution is -2.22. The Morgan fingerprint density at radius 2 is 1.70 bits per heavy atom. The molecule has 1 nitrogen and oxygen atoms in total. The molecule has 1 heterocycles. The van der Waals surface area contributed by atoms with Crippen LogP contribution in [0.15, 0.2) is 24.3 Å².